The summed E-state index contributed by atoms with van der Waals surface area (Å²) in [5.41, 5.74) is 14.4. The van der Waals surface area contributed by atoms with Crippen molar-refractivity contribution in [2.24, 2.45) is 0 Å². The first-order valence-electron chi connectivity index (χ1n) is 18.7. The van der Waals surface area contributed by atoms with Gasteiger partial charge >= 0.3 is 0 Å². The van der Waals surface area contributed by atoms with E-state index >= 15 is 0 Å². The van der Waals surface area contributed by atoms with Crippen LogP contribution in [0.15, 0.2) is 170 Å². The Hall–Kier alpha value is -6.65. The molecule has 4 heteroatoms. The number of phenols is 1. The van der Waals surface area contributed by atoms with Gasteiger partial charge in [-0.1, -0.05) is 146 Å². The number of hydrogen-bond acceptors (Lipinski definition) is 4. The molecule has 2 aliphatic carbocycles. The Morgan fingerprint density at radius 1 is 0.444 bits per heavy atom. The summed E-state index contributed by atoms with van der Waals surface area (Å²) in [6, 6.07) is 59.4. The van der Waals surface area contributed by atoms with E-state index in [1.165, 1.54) is 51.8 Å². The molecule has 7 aromatic carbocycles. The molecule has 0 atom stereocenters. The molecule has 1 fully saturated rings. The molecule has 0 amide bonds. The van der Waals surface area contributed by atoms with E-state index in [9.17, 15) is 5.11 Å². The Kier molecular flexibility index (Phi) is 7.58. The molecule has 8 aromatic rings. The van der Waals surface area contributed by atoms with E-state index in [0.29, 0.717) is 23.4 Å². The van der Waals surface area contributed by atoms with E-state index in [1.807, 2.05) is 66.7 Å². The number of nitrogens with zero attached hydrogens (tertiary/aromatic N) is 3. The summed E-state index contributed by atoms with van der Waals surface area (Å²) in [7, 11) is 0. The molecule has 1 aromatic heterocycles. The highest BCUT2D eigenvalue weighted by molar-refractivity contribution is 5.87. The van der Waals surface area contributed by atoms with E-state index in [1.54, 1.807) is 12.1 Å². The number of aryl methyl sites for hydroxylation is 1. The fourth-order valence-corrected chi connectivity index (χ4v) is 8.66. The summed E-state index contributed by atoms with van der Waals surface area (Å²) in [6.45, 7) is 2.23. The molecule has 2 aliphatic rings. The molecule has 0 unspecified atom stereocenters. The number of fused-ring (bicyclic) bond motifs is 3. The van der Waals surface area contributed by atoms with Crippen LogP contribution in [-0.4, -0.2) is 20.1 Å². The summed E-state index contributed by atoms with van der Waals surface area (Å²) < 4.78 is 0. The molecule has 0 bridgehead atoms. The normalized spacial score (nSPS) is 14.0. The summed E-state index contributed by atoms with van der Waals surface area (Å²) in [6.07, 6.45) is 2.46. The van der Waals surface area contributed by atoms with Crippen molar-refractivity contribution in [1.29, 1.82) is 0 Å². The van der Waals surface area contributed by atoms with Gasteiger partial charge in [0.25, 0.3) is 0 Å². The third kappa shape index (κ3) is 5.25. The second-order valence-electron chi connectivity index (χ2n) is 14.5. The second-order valence-corrected chi connectivity index (χ2v) is 14.5. The van der Waals surface area contributed by atoms with E-state index < -0.39 is 5.41 Å². The molecule has 54 heavy (non-hydrogen) atoms. The third-order valence-corrected chi connectivity index (χ3v) is 11.2. The van der Waals surface area contributed by atoms with Gasteiger partial charge in [0.15, 0.2) is 17.5 Å². The Morgan fingerprint density at radius 2 is 0.963 bits per heavy atom. The van der Waals surface area contributed by atoms with Gasteiger partial charge in [-0.2, -0.15) is 0 Å². The summed E-state index contributed by atoms with van der Waals surface area (Å²) >= 11 is 0. The molecule has 1 heterocycles. The van der Waals surface area contributed by atoms with Crippen LogP contribution in [0, 0.1) is 6.92 Å². The minimum atomic E-state index is -0.482. The van der Waals surface area contributed by atoms with Crippen LogP contribution >= 0.6 is 0 Å². The molecule has 4 nitrogen and oxygen atoms in total. The van der Waals surface area contributed by atoms with Gasteiger partial charge in [0, 0.05) is 16.7 Å². The first-order chi connectivity index (χ1) is 26.6. The highest BCUT2D eigenvalue weighted by atomic mass is 16.3. The highest BCUT2D eigenvalue weighted by Crippen LogP contribution is 2.59. The number of phenolic OH excluding ortho intramolecular Hbond substituents is 1. The predicted molar refractivity (Wildman–Crippen MR) is 217 cm³/mol. The third-order valence-electron chi connectivity index (χ3n) is 11.2. The standard InChI is InChI=1S/C50H37N3O/c1-32-28-36(48-51-47(35-16-6-3-7-17-35)52-49(53-48)38-29-37(30-39(54)31-38)33-14-4-2-5-15-33)26-27-43(32)50(44-21-11-8-18-40(44)34-24-25-34)45-22-12-9-19-41(45)42-20-10-13-23-46(42)50/h2-23,26-31,34,54H,24-25H2,1H3. The van der Waals surface area contributed by atoms with Crippen molar-refractivity contribution in [3.8, 4) is 62.2 Å². The van der Waals surface area contributed by atoms with Crippen LogP contribution in [0.1, 0.15) is 52.1 Å². The first-order valence-corrected chi connectivity index (χ1v) is 18.7. The van der Waals surface area contributed by atoms with Gasteiger partial charge in [0.1, 0.15) is 5.75 Å². The predicted octanol–water partition coefficient (Wildman–Crippen LogP) is 11.8. The fourth-order valence-electron chi connectivity index (χ4n) is 8.66. The molecular formula is C50H37N3O. The maximum absolute atomic E-state index is 10.9. The van der Waals surface area contributed by atoms with Gasteiger partial charge in [-0.05, 0) is 106 Å². The van der Waals surface area contributed by atoms with Gasteiger partial charge in [-0.25, -0.2) is 15.0 Å². The zero-order valence-corrected chi connectivity index (χ0v) is 29.9. The van der Waals surface area contributed by atoms with Crippen molar-refractivity contribution in [1.82, 2.24) is 15.0 Å². The number of aromatic hydroxyl groups is 1. The van der Waals surface area contributed by atoms with Gasteiger partial charge in [-0.15, -0.1) is 0 Å². The van der Waals surface area contributed by atoms with E-state index in [4.69, 9.17) is 15.0 Å². The minimum absolute atomic E-state index is 0.156. The fraction of sp³-hybridized carbons (Fsp3) is 0.100. The highest BCUT2D eigenvalue weighted by Gasteiger charge is 2.48. The molecule has 1 saturated carbocycles. The lowest BCUT2D eigenvalue weighted by molar-refractivity contribution is 0.476. The van der Waals surface area contributed by atoms with Crippen molar-refractivity contribution in [3.63, 3.8) is 0 Å². The maximum Gasteiger partial charge on any atom is 0.164 e. The van der Waals surface area contributed by atoms with Gasteiger partial charge in [0.05, 0.1) is 5.41 Å². The smallest absolute Gasteiger partial charge is 0.164 e. The van der Waals surface area contributed by atoms with Crippen molar-refractivity contribution < 1.29 is 5.11 Å². The van der Waals surface area contributed by atoms with Crippen LogP contribution < -0.4 is 0 Å². The largest absolute Gasteiger partial charge is 0.508 e. The molecule has 0 saturated heterocycles. The Balaban J connectivity index is 1.17. The summed E-state index contributed by atoms with van der Waals surface area (Å²) in [5, 5.41) is 10.9. The van der Waals surface area contributed by atoms with Crippen LogP contribution in [0.2, 0.25) is 0 Å². The van der Waals surface area contributed by atoms with Gasteiger partial charge in [0.2, 0.25) is 0 Å². The topological polar surface area (TPSA) is 58.9 Å². The van der Waals surface area contributed by atoms with E-state index in [0.717, 1.165) is 33.4 Å². The number of rotatable bonds is 7. The van der Waals surface area contributed by atoms with Crippen molar-refractivity contribution >= 4 is 0 Å². The second kappa shape index (κ2) is 12.8. The maximum atomic E-state index is 10.9. The molecule has 1 N–H and O–H groups in total. The average molecular weight is 696 g/mol. The van der Waals surface area contributed by atoms with Gasteiger partial charge < -0.3 is 5.11 Å². The van der Waals surface area contributed by atoms with Gasteiger partial charge in [-0.3, -0.25) is 0 Å². The molecule has 258 valence electrons. The number of aromatic nitrogens is 3. The summed E-state index contributed by atoms with van der Waals surface area (Å²) in [4.78, 5) is 15.2. The zero-order valence-electron chi connectivity index (χ0n) is 29.9. The van der Waals surface area contributed by atoms with Crippen molar-refractivity contribution in [2.75, 3.05) is 0 Å². The average Bonchev–Trinajstić information content (AvgIpc) is 4.04. The monoisotopic (exact) mass is 695 g/mol. The zero-order chi connectivity index (χ0) is 36.2. The van der Waals surface area contributed by atoms with Crippen molar-refractivity contribution in [3.05, 3.63) is 203 Å². The Labute approximate surface area is 315 Å². The number of benzene rings is 7. The van der Waals surface area contributed by atoms with Crippen molar-refractivity contribution in [2.45, 2.75) is 31.1 Å². The van der Waals surface area contributed by atoms with Crippen LogP contribution in [0.3, 0.4) is 0 Å². The first kappa shape index (κ1) is 32.0. The Morgan fingerprint density at radius 3 is 1.59 bits per heavy atom. The van der Waals surface area contributed by atoms with Crippen LogP contribution in [0.4, 0.5) is 0 Å². The molecule has 10 rings (SSSR count). The lowest BCUT2D eigenvalue weighted by Crippen LogP contribution is -2.31. The molecule has 0 aliphatic heterocycles. The lowest BCUT2D eigenvalue weighted by atomic mass is 9.65. The van der Waals surface area contributed by atoms with Crippen LogP contribution in [-0.2, 0) is 5.41 Å². The van der Waals surface area contributed by atoms with E-state index in [-0.39, 0.29) is 5.75 Å². The number of hydrogen-bond donors (Lipinski definition) is 1. The van der Waals surface area contributed by atoms with Crippen LogP contribution in [0.25, 0.3) is 56.4 Å². The summed E-state index contributed by atoms with van der Waals surface area (Å²) in [5.74, 6) is 2.40. The Bertz CT molecular complexity index is 2650. The van der Waals surface area contributed by atoms with E-state index in [2.05, 4.69) is 97.9 Å². The molecule has 0 spiro atoms. The SMILES string of the molecule is Cc1cc(-c2nc(-c3ccccc3)nc(-c3cc(O)cc(-c4ccccc4)c3)n2)ccc1C1(c2ccccc2C2CC2)c2ccccc2-c2ccccc21. The minimum Gasteiger partial charge on any atom is -0.508 e. The molecular weight excluding hydrogens is 659 g/mol. The quantitative estimate of drug-likeness (QED) is 0.180. The van der Waals surface area contributed by atoms with Crippen LogP contribution in [0.5, 0.6) is 5.75 Å². The lowest BCUT2D eigenvalue weighted by Gasteiger charge is -2.37. The molecule has 0 radical (unpaired) electrons.